The largest absolute Gasteiger partial charge is 0.494 e. The highest BCUT2D eigenvalue weighted by molar-refractivity contribution is 7.11. The van der Waals surface area contributed by atoms with Crippen LogP contribution in [0.5, 0.6) is 5.75 Å². The van der Waals surface area contributed by atoms with E-state index in [1.165, 1.54) is 28.4 Å². The van der Waals surface area contributed by atoms with E-state index in [1.54, 1.807) is 0 Å². The summed E-state index contributed by atoms with van der Waals surface area (Å²) in [6.45, 7) is 5.01. The van der Waals surface area contributed by atoms with E-state index in [1.807, 2.05) is 30.4 Å². The van der Waals surface area contributed by atoms with Crippen molar-refractivity contribution >= 4 is 11.3 Å². The molecular weight excluding hydrogens is 292 g/mol. The summed E-state index contributed by atoms with van der Waals surface area (Å²) >= 11 is 1.86. The minimum atomic E-state index is 0.000651. The minimum Gasteiger partial charge on any atom is -0.494 e. The number of fused-ring (bicyclic) bond motifs is 1. The van der Waals surface area contributed by atoms with Gasteiger partial charge in [-0.2, -0.15) is 0 Å². The topological polar surface area (TPSA) is 48.1 Å². The first-order valence-corrected chi connectivity index (χ1v) is 8.93. The molecule has 0 aliphatic heterocycles. The van der Waals surface area contributed by atoms with Gasteiger partial charge in [0.05, 0.1) is 17.3 Å². The van der Waals surface area contributed by atoms with Crippen LogP contribution in [0.4, 0.5) is 0 Å². The van der Waals surface area contributed by atoms with Crippen molar-refractivity contribution in [3.05, 3.63) is 45.4 Å². The van der Waals surface area contributed by atoms with Crippen LogP contribution in [0.15, 0.2) is 24.3 Å². The molecule has 2 N–H and O–H groups in total. The molecule has 118 valence electrons. The summed E-state index contributed by atoms with van der Waals surface area (Å²) < 4.78 is 5.47. The number of nitrogens with two attached hydrogens (primary N) is 1. The maximum Gasteiger partial charge on any atom is 0.119 e. The summed E-state index contributed by atoms with van der Waals surface area (Å²) in [5.41, 5.74) is 8.82. The predicted octanol–water partition coefficient (Wildman–Crippen LogP) is 3.91. The van der Waals surface area contributed by atoms with Gasteiger partial charge in [0.2, 0.25) is 0 Å². The van der Waals surface area contributed by atoms with E-state index >= 15 is 0 Å². The number of rotatable bonds is 5. The average molecular weight is 316 g/mol. The standard InChI is InChI=1S/C18H24N2OS/c1-3-21-14-7-5-13(6-8-14)15(19)11-18-20-16-9-4-12(2)10-17(16)22-18/h5-8,12,15H,3-4,9-11,19H2,1-2H3. The Kier molecular flexibility index (Phi) is 4.79. The van der Waals surface area contributed by atoms with Gasteiger partial charge in [0.25, 0.3) is 0 Å². The Morgan fingerprint density at radius 2 is 2.14 bits per heavy atom. The van der Waals surface area contributed by atoms with E-state index in [9.17, 15) is 0 Å². The molecule has 0 fully saturated rings. The van der Waals surface area contributed by atoms with Crippen LogP contribution in [0.3, 0.4) is 0 Å². The van der Waals surface area contributed by atoms with E-state index < -0.39 is 0 Å². The molecule has 0 amide bonds. The van der Waals surface area contributed by atoms with Crippen LogP contribution in [-0.4, -0.2) is 11.6 Å². The minimum absolute atomic E-state index is 0.000651. The summed E-state index contributed by atoms with van der Waals surface area (Å²) in [7, 11) is 0. The Balaban J connectivity index is 1.67. The Morgan fingerprint density at radius 1 is 1.36 bits per heavy atom. The molecule has 1 heterocycles. The number of aryl methyl sites for hydroxylation is 1. The molecule has 0 radical (unpaired) electrons. The number of nitrogens with zero attached hydrogens (tertiary/aromatic N) is 1. The number of hydrogen-bond donors (Lipinski definition) is 1. The van der Waals surface area contributed by atoms with E-state index in [4.69, 9.17) is 15.5 Å². The summed E-state index contributed by atoms with van der Waals surface area (Å²) in [6, 6.07) is 8.11. The lowest BCUT2D eigenvalue weighted by Crippen LogP contribution is -2.13. The molecule has 0 spiro atoms. The zero-order valence-electron chi connectivity index (χ0n) is 13.3. The predicted molar refractivity (Wildman–Crippen MR) is 91.5 cm³/mol. The van der Waals surface area contributed by atoms with Crippen LogP contribution in [-0.2, 0) is 19.3 Å². The molecular formula is C18H24N2OS. The maximum absolute atomic E-state index is 6.36. The third-order valence-electron chi connectivity index (χ3n) is 4.24. The van der Waals surface area contributed by atoms with Gasteiger partial charge < -0.3 is 10.5 Å². The molecule has 0 saturated carbocycles. The fraction of sp³-hybridized carbons (Fsp3) is 0.500. The summed E-state index contributed by atoms with van der Waals surface area (Å²) in [5.74, 6) is 1.69. The van der Waals surface area contributed by atoms with Gasteiger partial charge in [0.1, 0.15) is 5.75 Å². The van der Waals surface area contributed by atoms with Gasteiger partial charge in [-0.05, 0) is 49.8 Å². The molecule has 0 saturated heterocycles. The van der Waals surface area contributed by atoms with E-state index in [0.717, 1.165) is 30.1 Å². The lowest BCUT2D eigenvalue weighted by atomic mass is 9.93. The Bertz CT molecular complexity index is 621. The highest BCUT2D eigenvalue weighted by atomic mass is 32.1. The van der Waals surface area contributed by atoms with Crippen molar-refractivity contribution in [3.63, 3.8) is 0 Å². The molecule has 2 unspecified atom stereocenters. The van der Waals surface area contributed by atoms with Crippen LogP contribution in [0, 0.1) is 5.92 Å². The highest BCUT2D eigenvalue weighted by Crippen LogP contribution is 2.31. The lowest BCUT2D eigenvalue weighted by molar-refractivity contribution is 0.340. The molecule has 1 aromatic carbocycles. The number of ether oxygens (including phenoxy) is 1. The van der Waals surface area contributed by atoms with Gasteiger partial charge in [0.15, 0.2) is 0 Å². The fourth-order valence-electron chi connectivity index (χ4n) is 2.96. The maximum atomic E-state index is 6.36. The highest BCUT2D eigenvalue weighted by Gasteiger charge is 2.20. The van der Waals surface area contributed by atoms with Crippen LogP contribution in [0.2, 0.25) is 0 Å². The fourth-order valence-corrected chi connectivity index (χ4v) is 4.30. The summed E-state index contributed by atoms with van der Waals surface area (Å²) in [6.07, 6.45) is 4.40. The third kappa shape index (κ3) is 3.50. The lowest BCUT2D eigenvalue weighted by Gasteiger charge is -2.15. The van der Waals surface area contributed by atoms with Crippen molar-refractivity contribution in [1.29, 1.82) is 0 Å². The van der Waals surface area contributed by atoms with Crippen LogP contribution in [0.25, 0.3) is 0 Å². The smallest absolute Gasteiger partial charge is 0.119 e. The molecule has 1 aromatic heterocycles. The van der Waals surface area contributed by atoms with Crippen LogP contribution < -0.4 is 10.5 Å². The SMILES string of the molecule is CCOc1ccc(C(N)Cc2nc3c(s2)CC(C)CC3)cc1. The Morgan fingerprint density at radius 3 is 2.86 bits per heavy atom. The first-order valence-electron chi connectivity index (χ1n) is 8.11. The van der Waals surface area contributed by atoms with Crippen LogP contribution >= 0.6 is 11.3 Å². The van der Waals surface area contributed by atoms with Gasteiger partial charge in [-0.15, -0.1) is 11.3 Å². The first kappa shape index (κ1) is 15.5. The molecule has 0 bridgehead atoms. The van der Waals surface area contributed by atoms with Gasteiger partial charge in [-0.25, -0.2) is 4.98 Å². The normalized spacial score (nSPS) is 18.8. The van der Waals surface area contributed by atoms with Gasteiger partial charge in [0, 0.05) is 17.3 Å². The third-order valence-corrected chi connectivity index (χ3v) is 5.39. The summed E-state index contributed by atoms with van der Waals surface area (Å²) in [5, 5.41) is 1.18. The number of thiazole rings is 1. The second-order valence-corrected chi connectivity index (χ2v) is 7.31. The van der Waals surface area contributed by atoms with Gasteiger partial charge in [-0.1, -0.05) is 19.1 Å². The Labute approximate surface area is 136 Å². The first-order chi connectivity index (χ1) is 10.7. The van der Waals surface area contributed by atoms with Crippen molar-refractivity contribution < 1.29 is 4.74 Å². The average Bonchev–Trinajstić information content (AvgIpc) is 2.89. The van der Waals surface area contributed by atoms with Crippen LogP contribution in [0.1, 0.15) is 47.5 Å². The second-order valence-electron chi connectivity index (χ2n) is 6.14. The van der Waals surface area contributed by atoms with Gasteiger partial charge >= 0.3 is 0 Å². The van der Waals surface area contributed by atoms with E-state index in [2.05, 4.69) is 19.1 Å². The van der Waals surface area contributed by atoms with E-state index in [0.29, 0.717) is 6.61 Å². The second kappa shape index (κ2) is 6.80. The molecule has 2 atom stereocenters. The molecule has 1 aliphatic carbocycles. The van der Waals surface area contributed by atoms with Crippen molar-refractivity contribution in [3.8, 4) is 5.75 Å². The van der Waals surface area contributed by atoms with Crippen molar-refractivity contribution in [2.45, 2.75) is 45.6 Å². The van der Waals surface area contributed by atoms with Crippen molar-refractivity contribution in [2.75, 3.05) is 6.61 Å². The van der Waals surface area contributed by atoms with Gasteiger partial charge in [-0.3, -0.25) is 0 Å². The molecule has 3 rings (SSSR count). The molecule has 3 nitrogen and oxygen atoms in total. The molecule has 4 heteroatoms. The van der Waals surface area contributed by atoms with Crippen molar-refractivity contribution in [2.24, 2.45) is 11.7 Å². The Hall–Kier alpha value is -1.39. The molecule has 1 aliphatic rings. The zero-order valence-corrected chi connectivity index (χ0v) is 14.2. The zero-order chi connectivity index (χ0) is 15.5. The number of hydrogen-bond acceptors (Lipinski definition) is 4. The van der Waals surface area contributed by atoms with Crippen molar-refractivity contribution in [1.82, 2.24) is 4.98 Å². The van der Waals surface area contributed by atoms with E-state index in [-0.39, 0.29) is 6.04 Å². The summed E-state index contributed by atoms with van der Waals surface area (Å²) in [4.78, 5) is 6.29. The number of aromatic nitrogens is 1. The quantitative estimate of drug-likeness (QED) is 0.910. The number of benzene rings is 1. The molecule has 22 heavy (non-hydrogen) atoms. The monoisotopic (exact) mass is 316 g/mol. The molecule has 2 aromatic rings.